The smallest absolute Gasteiger partial charge is 0.228 e. The van der Waals surface area contributed by atoms with E-state index < -0.39 is 21.9 Å². The van der Waals surface area contributed by atoms with Gasteiger partial charge in [-0.2, -0.15) is 0 Å². The molecule has 0 rings (SSSR count). The normalized spacial score (nSPS) is 15.8. The van der Waals surface area contributed by atoms with E-state index in [0.717, 1.165) is 0 Å². The van der Waals surface area contributed by atoms with E-state index in [2.05, 4.69) is 0 Å². The first-order chi connectivity index (χ1) is 5.45. The second-order valence-corrected chi connectivity index (χ2v) is 2.44. The van der Waals surface area contributed by atoms with Crippen LogP contribution in [0, 0.1) is 20.2 Å². The first kappa shape index (κ1) is 10.5. The largest absolute Gasteiger partial charge is 0.264 e. The van der Waals surface area contributed by atoms with Crippen LogP contribution in [0.2, 0.25) is 0 Å². The highest BCUT2D eigenvalue weighted by Crippen LogP contribution is 1.95. The van der Waals surface area contributed by atoms with Crippen LogP contribution in [0.25, 0.3) is 0 Å². The molecule has 0 heterocycles. The molecule has 0 saturated heterocycles. The minimum atomic E-state index is -0.868. The van der Waals surface area contributed by atoms with E-state index in [-0.39, 0.29) is 0 Å². The highest BCUT2D eigenvalue weighted by molar-refractivity contribution is 4.90. The van der Waals surface area contributed by atoms with Crippen molar-refractivity contribution in [1.29, 1.82) is 0 Å². The Labute approximate surface area is 69.2 Å². The van der Waals surface area contributed by atoms with Crippen molar-refractivity contribution in [1.82, 2.24) is 0 Å². The van der Waals surface area contributed by atoms with Gasteiger partial charge in [0, 0.05) is 23.7 Å². The van der Waals surface area contributed by atoms with Gasteiger partial charge in [-0.3, -0.25) is 20.2 Å². The highest BCUT2D eigenvalue weighted by atomic mass is 16.6. The first-order valence-corrected chi connectivity index (χ1v) is 3.40. The maximum atomic E-state index is 10.1. The van der Waals surface area contributed by atoms with Gasteiger partial charge in [-0.05, 0) is 12.2 Å². The van der Waals surface area contributed by atoms with Crippen molar-refractivity contribution >= 4 is 0 Å². The van der Waals surface area contributed by atoms with Crippen LogP contribution in [-0.4, -0.2) is 21.9 Å². The summed E-state index contributed by atoms with van der Waals surface area (Å²) in [4.78, 5) is 19.1. The average Bonchev–Trinajstić information content (AvgIpc) is 1.98. The minimum absolute atomic E-state index is 0.511. The van der Waals surface area contributed by atoms with Crippen molar-refractivity contribution in [3.8, 4) is 0 Å². The Bertz CT molecular complexity index is 192. The van der Waals surface area contributed by atoms with Gasteiger partial charge in [-0.15, -0.1) is 0 Å². The fourth-order valence-electron chi connectivity index (χ4n) is 0.462. The van der Waals surface area contributed by atoms with Crippen LogP contribution >= 0.6 is 0 Å². The molecule has 0 saturated carbocycles. The molecule has 0 spiro atoms. The molecule has 0 aliphatic carbocycles. The highest BCUT2D eigenvalue weighted by Gasteiger charge is 2.11. The van der Waals surface area contributed by atoms with Crippen molar-refractivity contribution in [2.45, 2.75) is 25.9 Å². The summed E-state index contributed by atoms with van der Waals surface area (Å²) in [6.07, 6.45) is 2.43. The van der Waals surface area contributed by atoms with Gasteiger partial charge in [0.1, 0.15) is 0 Å². The fraction of sp³-hybridized carbons (Fsp3) is 0.667. The molecule has 6 heteroatoms. The van der Waals surface area contributed by atoms with Crippen LogP contribution in [0.4, 0.5) is 0 Å². The Balaban J connectivity index is 4.06. The van der Waals surface area contributed by atoms with Crippen LogP contribution in [-0.2, 0) is 0 Å². The molecule has 0 fully saturated rings. The molecule has 12 heavy (non-hydrogen) atoms. The number of hydrogen-bond acceptors (Lipinski definition) is 4. The van der Waals surface area contributed by atoms with E-state index in [1.807, 2.05) is 0 Å². The lowest BCUT2D eigenvalue weighted by atomic mass is 10.2. The predicted octanol–water partition coefficient (Wildman–Crippen LogP) is 0.873. The van der Waals surface area contributed by atoms with E-state index in [9.17, 15) is 20.2 Å². The molecule has 0 radical (unpaired) electrons. The van der Waals surface area contributed by atoms with Crippen LogP contribution in [0.5, 0.6) is 0 Å². The third-order valence-corrected chi connectivity index (χ3v) is 1.33. The summed E-state index contributed by atoms with van der Waals surface area (Å²) < 4.78 is 0. The monoisotopic (exact) mass is 174 g/mol. The number of hydrogen-bond donors (Lipinski definition) is 0. The molecule has 0 aliphatic rings. The molecule has 2 atom stereocenters. The Hall–Kier alpha value is -1.46. The van der Waals surface area contributed by atoms with E-state index in [1.54, 1.807) is 0 Å². The topological polar surface area (TPSA) is 86.3 Å². The Morgan fingerprint density at radius 2 is 1.25 bits per heavy atom. The molecular formula is C6H10N2O4. The number of nitro groups is 2. The quantitative estimate of drug-likeness (QED) is 0.359. The molecular weight excluding hydrogens is 164 g/mol. The molecule has 68 valence electrons. The Morgan fingerprint density at radius 3 is 1.42 bits per heavy atom. The van der Waals surface area contributed by atoms with Crippen molar-refractivity contribution in [2.24, 2.45) is 0 Å². The van der Waals surface area contributed by atoms with Gasteiger partial charge in [0.05, 0.1) is 0 Å². The van der Waals surface area contributed by atoms with Crippen molar-refractivity contribution in [3.05, 3.63) is 32.4 Å². The average molecular weight is 174 g/mol. The number of nitrogens with zero attached hydrogens (tertiary/aromatic N) is 2. The summed E-state index contributed by atoms with van der Waals surface area (Å²) in [5.41, 5.74) is 0. The van der Waals surface area contributed by atoms with Gasteiger partial charge >= 0.3 is 0 Å². The molecule has 0 amide bonds. The van der Waals surface area contributed by atoms with E-state index >= 15 is 0 Å². The van der Waals surface area contributed by atoms with E-state index in [4.69, 9.17) is 0 Å². The van der Waals surface area contributed by atoms with Crippen molar-refractivity contribution in [3.63, 3.8) is 0 Å². The summed E-state index contributed by atoms with van der Waals surface area (Å²) in [7, 11) is 0. The lowest BCUT2D eigenvalue weighted by Gasteiger charge is -1.97. The molecule has 0 N–H and O–H groups in total. The Morgan fingerprint density at radius 1 is 1.00 bits per heavy atom. The number of rotatable bonds is 4. The fourth-order valence-corrected chi connectivity index (χ4v) is 0.462. The van der Waals surface area contributed by atoms with Gasteiger partial charge in [-0.25, -0.2) is 0 Å². The summed E-state index contributed by atoms with van der Waals surface area (Å²) in [6, 6.07) is -1.74. The van der Waals surface area contributed by atoms with Crippen LogP contribution in [0.3, 0.4) is 0 Å². The van der Waals surface area contributed by atoms with Crippen molar-refractivity contribution in [2.75, 3.05) is 0 Å². The van der Waals surface area contributed by atoms with E-state index in [1.165, 1.54) is 26.0 Å². The molecule has 0 bridgehead atoms. The zero-order valence-corrected chi connectivity index (χ0v) is 6.84. The van der Waals surface area contributed by atoms with Crippen LogP contribution < -0.4 is 0 Å². The van der Waals surface area contributed by atoms with Crippen LogP contribution in [0.15, 0.2) is 12.2 Å². The predicted molar refractivity (Wildman–Crippen MR) is 42.1 cm³/mol. The SMILES string of the molecule is C[C@H](/C=C/[C@H](C)[N+](=O)[O-])[N+](=O)[O-]. The third kappa shape index (κ3) is 3.65. The Kier molecular flexibility index (Phi) is 3.89. The van der Waals surface area contributed by atoms with Gasteiger partial charge < -0.3 is 0 Å². The van der Waals surface area contributed by atoms with Gasteiger partial charge in [0.15, 0.2) is 0 Å². The summed E-state index contributed by atoms with van der Waals surface area (Å²) in [5, 5.41) is 20.1. The van der Waals surface area contributed by atoms with E-state index in [0.29, 0.717) is 0 Å². The zero-order chi connectivity index (χ0) is 9.72. The molecule has 6 nitrogen and oxygen atoms in total. The molecule has 0 aromatic rings. The standard InChI is InChI=1S/C6H10N2O4/c1-5(7(9)10)3-4-6(2)8(11)12/h3-6H,1-2H3/b4-3+/t5-,6+. The van der Waals surface area contributed by atoms with Gasteiger partial charge in [-0.1, -0.05) is 0 Å². The minimum Gasteiger partial charge on any atom is -0.264 e. The second kappa shape index (κ2) is 4.42. The summed E-state index contributed by atoms with van der Waals surface area (Å²) in [5.74, 6) is 0. The van der Waals surface area contributed by atoms with Crippen LogP contribution in [0.1, 0.15) is 13.8 Å². The third-order valence-electron chi connectivity index (χ3n) is 1.33. The molecule has 0 unspecified atom stereocenters. The summed E-state index contributed by atoms with van der Waals surface area (Å²) >= 11 is 0. The maximum Gasteiger partial charge on any atom is 0.228 e. The van der Waals surface area contributed by atoms with Gasteiger partial charge in [0.2, 0.25) is 12.1 Å². The molecule has 0 aromatic heterocycles. The first-order valence-electron chi connectivity index (χ1n) is 3.40. The molecule has 0 aromatic carbocycles. The lowest BCUT2D eigenvalue weighted by molar-refractivity contribution is -0.510. The second-order valence-electron chi connectivity index (χ2n) is 2.44. The van der Waals surface area contributed by atoms with Crippen molar-refractivity contribution < 1.29 is 9.85 Å². The lowest BCUT2D eigenvalue weighted by Crippen LogP contribution is -2.15. The molecule has 0 aliphatic heterocycles. The maximum absolute atomic E-state index is 10.1. The summed E-state index contributed by atoms with van der Waals surface area (Å²) in [6.45, 7) is 2.73. The zero-order valence-electron chi connectivity index (χ0n) is 6.84. The van der Waals surface area contributed by atoms with Gasteiger partial charge in [0.25, 0.3) is 0 Å².